The van der Waals surface area contributed by atoms with Crippen molar-refractivity contribution in [2.45, 2.75) is 17.5 Å². The van der Waals surface area contributed by atoms with Crippen molar-refractivity contribution in [1.29, 1.82) is 0 Å². The summed E-state index contributed by atoms with van der Waals surface area (Å²) in [5.41, 5.74) is 2.29. The molecule has 0 saturated carbocycles. The van der Waals surface area contributed by atoms with Gasteiger partial charge in [0, 0.05) is 18.3 Å². The van der Waals surface area contributed by atoms with E-state index in [9.17, 15) is 18.4 Å². The molecule has 4 aromatic rings. The summed E-state index contributed by atoms with van der Waals surface area (Å²) >= 11 is 0. The van der Waals surface area contributed by atoms with Gasteiger partial charge in [-0.25, -0.2) is 4.79 Å². The molecule has 2 heterocycles. The van der Waals surface area contributed by atoms with E-state index >= 15 is 0 Å². The fourth-order valence-corrected chi connectivity index (χ4v) is 5.16. The molecule has 216 valence electrons. The van der Waals surface area contributed by atoms with Crippen molar-refractivity contribution in [1.82, 2.24) is 9.88 Å². The Kier molecular flexibility index (Phi) is 8.51. The number of aliphatic carboxylic acids is 1. The summed E-state index contributed by atoms with van der Waals surface area (Å²) in [7, 11) is -3.33. The van der Waals surface area contributed by atoms with Crippen LogP contribution >= 0.6 is 0 Å². The highest BCUT2D eigenvalue weighted by atomic mass is 32.3. The zero-order valence-electron chi connectivity index (χ0n) is 22.7. The van der Waals surface area contributed by atoms with Gasteiger partial charge in [0.2, 0.25) is 0 Å². The van der Waals surface area contributed by atoms with Gasteiger partial charge >= 0.3 is 5.97 Å². The summed E-state index contributed by atoms with van der Waals surface area (Å²) in [6, 6.07) is 24.0. The SMILES string of the molecule is C[S+](=O)([O-])c1ccc(OCC2CN(Cc3ccccc3)C(=O)c3c(ccnc3-c3ccc(OCC(=O)O)cc3)O2)cc1. The smallest absolute Gasteiger partial charge is 0.341 e. The van der Waals surface area contributed by atoms with Gasteiger partial charge in [-0.1, -0.05) is 30.3 Å². The van der Waals surface area contributed by atoms with Crippen molar-refractivity contribution in [3.63, 3.8) is 0 Å². The Morgan fingerprint density at radius 1 is 1.02 bits per heavy atom. The number of carbonyl (C=O) groups is 2. The first-order valence-electron chi connectivity index (χ1n) is 13.0. The van der Waals surface area contributed by atoms with Crippen LogP contribution in [0, 0.1) is 0 Å². The number of fused-ring (bicyclic) bond motifs is 1. The lowest BCUT2D eigenvalue weighted by Gasteiger charge is -2.24. The summed E-state index contributed by atoms with van der Waals surface area (Å²) in [4.78, 5) is 31.3. The van der Waals surface area contributed by atoms with Crippen LogP contribution in [0.3, 0.4) is 0 Å². The van der Waals surface area contributed by atoms with Crippen LogP contribution in [-0.2, 0) is 25.8 Å². The van der Waals surface area contributed by atoms with E-state index in [0.29, 0.717) is 40.6 Å². The van der Waals surface area contributed by atoms with Gasteiger partial charge in [-0.3, -0.25) is 9.78 Å². The number of amides is 1. The number of sulfone groups is 1. The van der Waals surface area contributed by atoms with Crippen LogP contribution in [-0.4, -0.2) is 63.5 Å². The van der Waals surface area contributed by atoms with Gasteiger partial charge in [-0.15, -0.1) is 4.21 Å². The molecular formula is C31H28N2O8S. The standard InChI is InChI=1S/C31H28N2O8S/c1-42(37,38)26-13-11-24(12-14-26)39-19-25-18-33(17-21-5-3-2-4-6-21)31(36)29-27(41-25)15-16-32-30(29)22-7-9-23(10-8-22)40-20-28(34)35/h2-16,25H,17-20H2,1H3,(H-,34,35,37,38). The number of hydrogen-bond acceptors (Lipinski definition) is 8. The van der Waals surface area contributed by atoms with Gasteiger partial charge in [0.25, 0.3) is 5.91 Å². The molecule has 42 heavy (non-hydrogen) atoms. The Morgan fingerprint density at radius 3 is 2.36 bits per heavy atom. The normalized spacial score (nSPS) is 16.0. The molecule has 5 rings (SSSR count). The molecule has 1 aliphatic heterocycles. The van der Waals surface area contributed by atoms with E-state index < -0.39 is 28.9 Å². The van der Waals surface area contributed by atoms with Crippen LogP contribution in [0.5, 0.6) is 17.2 Å². The second-order valence-electron chi connectivity index (χ2n) is 9.71. The molecular weight excluding hydrogens is 560 g/mol. The third-order valence-electron chi connectivity index (χ3n) is 6.53. The van der Waals surface area contributed by atoms with Crippen LogP contribution in [0.2, 0.25) is 0 Å². The number of ether oxygens (including phenoxy) is 3. The van der Waals surface area contributed by atoms with Crippen molar-refractivity contribution in [2.75, 3.05) is 26.0 Å². The molecule has 10 nitrogen and oxygen atoms in total. The van der Waals surface area contributed by atoms with E-state index in [2.05, 4.69) is 4.98 Å². The Bertz CT molecular complexity index is 1600. The fraction of sp³-hybridized carbons (Fsp3) is 0.194. The first-order chi connectivity index (χ1) is 20.2. The largest absolute Gasteiger partial charge is 0.610 e. The summed E-state index contributed by atoms with van der Waals surface area (Å²) in [5.74, 6) is -0.147. The Morgan fingerprint density at radius 2 is 1.69 bits per heavy atom. The molecule has 1 N–H and O–H groups in total. The second kappa shape index (κ2) is 12.4. The number of rotatable bonds is 10. The van der Waals surface area contributed by atoms with Crippen molar-refractivity contribution in [3.05, 3.63) is 102 Å². The number of carbonyl (C=O) groups excluding carboxylic acids is 1. The van der Waals surface area contributed by atoms with Crippen LogP contribution in [0.15, 0.2) is 96.0 Å². The van der Waals surface area contributed by atoms with Gasteiger partial charge in [-0.2, -0.15) is 0 Å². The maximum Gasteiger partial charge on any atom is 0.341 e. The highest BCUT2D eigenvalue weighted by Gasteiger charge is 2.32. The van der Waals surface area contributed by atoms with Gasteiger partial charge in [0.05, 0.1) is 22.5 Å². The Labute approximate surface area is 243 Å². The molecule has 0 radical (unpaired) electrons. The molecule has 0 bridgehead atoms. The quantitative estimate of drug-likeness (QED) is 0.269. The monoisotopic (exact) mass is 588 g/mol. The van der Waals surface area contributed by atoms with Crippen molar-refractivity contribution in [2.24, 2.45) is 0 Å². The van der Waals surface area contributed by atoms with E-state index in [1.165, 1.54) is 12.1 Å². The fourth-order valence-electron chi connectivity index (χ4n) is 4.52. The molecule has 1 aliphatic rings. The van der Waals surface area contributed by atoms with E-state index in [-0.39, 0.29) is 24.0 Å². The first-order valence-corrected chi connectivity index (χ1v) is 14.9. The zero-order chi connectivity index (χ0) is 29.7. The minimum Gasteiger partial charge on any atom is -0.610 e. The molecule has 2 atom stereocenters. The number of aromatic nitrogens is 1. The lowest BCUT2D eigenvalue weighted by atomic mass is 10.0. The Balaban J connectivity index is 1.43. The Hall–Kier alpha value is -4.74. The maximum absolute atomic E-state index is 14.0. The molecule has 0 saturated heterocycles. The summed E-state index contributed by atoms with van der Waals surface area (Å²) in [6.07, 6.45) is 2.16. The third kappa shape index (κ3) is 6.93. The number of carboxylic acids is 1. The van der Waals surface area contributed by atoms with E-state index in [0.717, 1.165) is 11.8 Å². The topological polar surface area (TPSA) is 138 Å². The number of carboxylic acid groups (broad SMARTS) is 1. The predicted molar refractivity (Wildman–Crippen MR) is 153 cm³/mol. The van der Waals surface area contributed by atoms with Crippen LogP contribution in [0.25, 0.3) is 11.3 Å². The van der Waals surface area contributed by atoms with Crippen LogP contribution in [0.4, 0.5) is 0 Å². The lowest BCUT2D eigenvalue weighted by Crippen LogP contribution is -2.39. The highest BCUT2D eigenvalue weighted by Crippen LogP contribution is 2.34. The maximum atomic E-state index is 14.0. The van der Waals surface area contributed by atoms with Crippen LogP contribution < -0.4 is 14.2 Å². The molecule has 0 aliphatic carbocycles. The second-order valence-corrected chi connectivity index (χ2v) is 11.7. The van der Waals surface area contributed by atoms with Gasteiger partial charge < -0.3 is 28.8 Å². The minimum atomic E-state index is -3.33. The van der Waals surface area contributed by atoms with Crippen molar-refractivity contribution >= 4 is 22.1 Å². The summed E-state index contributed by atoms with van der Waals surface area (Å²) < 4.78 is 41.1. The molecule has 0 spiro atoms. The molecule has 0 fully saturated rings. The lowest BCUT2D eigenvalue weighted by molar-refractivity contribution is -0.139. The van der Waals surface area contributed by atoms with Gasteiger partial charge in [0.1, 0.15) is 35.7 Å². The summed E-state index contributed by atoms with van der Waals surface area (Å²) in [5, 5.41) is 8.87. The summed E-state index contributed by atoms with van der Waals surface area (Å²) in [6.45, 7) is 0.192. The number of benzene rings is 3. The van der Waals surface area contributed by atoms with Crippen LogP contribution in [0.1, 0.15) is 15.9 Å². The molecule has 3 aromatic carbocycles. The molecule has 2 unspecified atom stereocenters. The highest BCUT2D eigenvalue weighted by molar-refractivity contribution is 7.97. The van der Waals surface area contributed by atoms with Gasteiger partial charge in [-0.05, 0) is 60.2 Å². The van der Waals surface area contributed by atoms with E-state index in [4.69, 9.17) is 19.3 Å². The van der Waals surface area contributed by atoms with E-state index in [1.807, 2.05) is 30.3 Å². The predicted octanol–water partition coefficient (Wildman–Crippen LogP) is 4.31. The molecule has 1 amide bonds. The van der Waals surface area contributed by atoms with Crippen molar-refractivity contribution in [3.8, 4) is 28.5 Å². The van der Waals surface area contributed by atoms with Gasteiger partial charge in [0.15, 0.2) is 17.6 Å². The number of pyridine rings is 1. The third-order valence-corrected chi connectivity index (χ3v) is 7.65. The number of hydrogen-bond donors (Lipinski definition) is 1. The average molecular weight is 589 g/mol. The van der Waals surface area contributed by atoms with Crippen molar-refractivity contribution < 1.29 is 37.7 Å². The average Bonchev–Trinajstić information content (AvgIpc) is 3.11. The van der Waals surface area contributed by atoms with E-state index in [1.54, 1.807) is 53.6 Å². The first kappa shape index (κ1) is 28.8. The zero-order valence-corrected chi connectivity index (χ0v) is 23.5. The number of nitrogens with zero attached hydrogens (tertiary/aromatic N) is 2. The minimum absolute atomic E-state index is 0.101. The molecule has 1 aromatic heterocycles. The molecule has 11 heteroatoms.